The Balaban J connectivity index is 1.44. The zero-order valence-electron chi connectivity index (χ0n) is 18.5. The highest BCUT2D eigenvalue weighted by molar-refractivity contribution is 5.83. The van der Waals surface area contributed by atoms with Gasteiger partial charge in [0.05, 0.1) is 13.7 Å². The van der Waals surface area contributed by atoms with Crippen molar-refractivity contribution in [3.05, 3.63) is 65.4 Å². The van der Waals surface area contributed by atoms with Crippen molar-refractivity contribution in [2.75, 3.05) is 33.9 Å². The summed E-state index contributed by atoms with van der Waals surface area (Å²) in [7, 11) is 3.49. The Hall–Kier alpha value is -2.99. The summed E-state index contributed by atoms with van der Waals surface area (Å²) in [5.41, 5.74) is 3.38. The lowest BCUT2D eigenvalue weighted by Gasteiger charge is -2.38. The van der Waals surface area contributed by atoms with Gasteiger partial charge >= 0.3 is 0 Å². The van der Waals surface area contributed by atoms with Crippen LogP contribution in [0, 0.1) is 6.92 Å². The molecule has 1 fully saturated rings. The van der Waals surface area contributed by atoms with Gasteiger partial charge in [0.15, 0.2) is 5.96 Å². The second kappa shape index (κ2) is 9.43. The van der Waals surface area contributed by atoms with E-state index in [1.165, 1.54) is 5.56 Å². The lowest BCUT2D eigenvalue weighted by Crippen LogP contribution is -2.47. The molecule has 6 nitrogen and oxygen atoms in total. The highest BCUT2D eigenvalue weighted by Gasteiger charge is 2.34. The van der Waals surface area contributed by atoms with E-state index in [4.69, 9.17) is 13.9 Å². The zero-order valence-corrected chi connectivity index (χ0v) is 18.5. The number of fused-ring (bicyclic) bond motifs is 1. The average Bonchev–Trinajstić information content (AvgIpc) is 3.15. The van der Waals surface area contributed by atoms with Crippen LogP contribution < -0.4 is 15.4 Å². The fourth-order valence-corrected chi connectivity index (χ4v) is 4.31. The predicted molar refractivity (Wildman–Crippen MR) is 124 cm³/mol. The number of aliphatic imine (C=N–C) groups is 1. The Labute approximate surface area is 183 Å². The number of hydrogen-bond acceptors (Lipinski definition) is 4. The topological polar surface area (TPSA) is 68.0 Å². The molecule has 2 heterocycles. The third-order valence-electron chi connectivity index (χ3n) is 6.33. The first-order valence-electron chi connectivity index (χ1n) is 10.8. The number of hydrogen-bond donors (Lipinski definition) is 2. The Morgan fingerprint density at radius 3 is 2.48 bits per heavy atom. The van der Waals surface area contributed by atoms with E-state index in [1.54, 1.807) is 14.2 Å². The summed E-state index contributed by atoms with van der Waals surface area (Å²) in [6.45, 7) is 4.98. The Bertz CT molecular complexity index is 1030. The zero-order chi connectivity index (χ0) is 21.7. The van der Waals surface area contributed by atoms with Crippen molar-refractivity contribution < 1.29 is 13.9 Å². The first-order chi connectivity index (χ1) is 15.1. The van der Waals surface area contributed by atoms with Crippen molar-refractivity contribution in [1.82, 2.24) is 10.6 Å². The predicted octanol–water partition coefficient (Wildman–Crippen LogP) is 4.16. The molecule has 1 saturated heterocycles. The van der Waals surface area contributed by atoms with Crippen molar-refractivity contribution in [1.29, 1.82) is 0 Å². The third kappa shape index (κ3) is 4.54. The minimum absolute atomic E-state index is 0.00256. The van der Waals surface area contributed by atoms with Crippen LogP contribution in [0.3, 0.4) is 0 Å². The second-order valence-electron chi connectivity index (χ2n) is 8.05. The van der Waals surface area contributed by atoms with Crippen LogP contribution in [0.2, 0.25) is 0 Å². The number of furan rings is 1. The van der Waals surface area contributed by atoms with Crippen LogP contribution >= 0.6 is 0 Å². The number of benzene rings is 2. The molecule has 164 valence electrons. The van der Waals surface area contributed by atoms with E-state index in [-0.39, 0.29) is 5.41 Å². The van der Waals surface area contributed by atoms with Gasteiger partial charge in [-0.05, 0) is 43.5 Å². The molecule has 1 aliphatic rings. The van der Waals surface area contributed by atoms with Crippen LogP contribution in [0.15, 0.2) is 57.9 Å². The van der Waals surface area contributed by atoms with Gasteiger partial charge in [-0.25, -0.2) is 0 Å². The maximum atomic E-state index is 6.03. The van der Waals surface area contributed by atoms with Crippen molar-refractivity contribution >= 4 is 16.9 Å². The van der Waals surface area contributed by atoms with Crippen molar-refractivity contribution in [3.63, 3.8) is 0 Å². The van der Waals surface area contributed by atoms with Crippen molar-refractivity contribution in [2.45, 2.75) is 31.7 Å². The van der Waals surface area contributed by atoms with Gasteiger partial charge in [-0.1, -0.05) is 30.3 Å². The van der Waals surface area contributed by atoms with Crippen LogP contribution in [0.1, 0.15) is 29.7 Å². The van der Waals surface area contributed by atoms with Crippen LogP contribution in [0.25, 0.3) is 11.0 Å². The maximum Gasteiger partial charge on any atom is 0.191 e. The molecule has 3 aromatic rings. The minimum atomic E-state index is -0.00256. The van der Waals surface area contributed by atoms with Crippen LogP contribution in [-0.4, -0.2) is 39.9 Å². The Kier molecular flexibility index (Phi) is 6.47. The molecule has 0 spiro atoms. The molecule has 0 atom stereocenters. The summed E-state index contributed by atoms with van der Waals surface area (Å²) >= 11 is 0. The molecule has 0 unspecified atom stereocenters. The number of guanidine groups is 1. The standard InChI is InChI=1S/C25H31N3O3/c1-18-21-6-4-5-7-22(21)31-23(18)16-27-24(26-2)28-17-25(12-14-30-15-13-25)19-8-10-20(29-3)11-9-19/h4-11H,12-17H2,1-3H3,(H2,26,27,28). The number of nitrogens with zero attached hydrogens (tertiary/aromatic N) is 1. The molecular weight excluding hydrogens is 390 g/mol. The molecule has 1 aliphatic heterocycles. The molecule has 31 heavy (non-hydrogen) atoms. The first-order valence-corrected chi connectivity index (χ1v) is 10.8. The summed E-state index contributed by atoms with van der Waals surface area (Å²) in [5.74, 6) is 2.57. The minimum Gasteiger partial charge on any atom is -0.497 e. The summed E-state index contributed by atoms with van der Waals surface area (Å²) in [4.78, 5) is 4.42. The second-order valence-corrected chi connectivity index (χ2v) is 8.05. The SMILES string of the molecule is CN=C(NCc1oc2ccccc2c1C)NCC1(c2ccc(OC)cc2)CCOCC1. The summed E-state index contributed by atoms with van der Waals surface area (Å²) in [6, 6.07) is 16.5. The van der Waals surface area contributed by atoms with E-state index >= 15 is 0 Å². The smallest absolute Gasteiger partial charge is 0.191 e. The highest BCUT2D eigenvalue weighted by atomic mass is 16.5. The normalized spacial score (nSPS) is 16.3. The largest absolute Gasteiger partial charge is 0.497 e. The fraction of sp³-hybridized carbons (Fsp3) is 0.400. The number of para-hydroxylation sites is 1. The lowest BCUT2D eigenvalue weighted by molar-refractivity contribution is 0.0513. The van der Waals surface area contributed by atoms with Gasteiger partial charge in [-0.15, -0.1) is 0 Å². The molecule has 0 saturated carbocycles. The van der Waals surface area contributed by atoms with Crippen molar-refractivity contribution in [2.24, 2.45) is 4.99 Å². The summed E-state index contributed by atoms with van der Waals surface area (Å²) in [6.07, 6.45) is 1.93. The number of nitrogens with one attached hydrogen (secondary N) is 2. The van der Waals surface area contributed by atoms with Gasteiger partial charge in [0, 0.05) is 43.2 Å². The Morgan fingerprint density at radius 2 is 1.81 bits per heavy atom. The van der Waals surface area contributed by atoms with E-state index in [0.29, 0.717) is 6.54 Å². The molecule has 6 heteroatoms. The molecule has 0 bridgehead atoms. The number of methoxy groups -OCH3 is 1. The molecule has 0 aliphatic carbocycles. The van der Waals surface area contributed by atoms with Gasteiger partial charge in [0.25, 0.3) is 0 Å². The van der Waals surface area contributed by atoms with Crippen LogP contribution in [-0.2, 0) is 16.7 Å². The fourth-order valence-electron chi connectivity index (χ4n) is 4.31. The van der Waals surface area contributed by atoms with Gasteiger partial charge in [-0.2, -0.15) is 0 Å². The van der Waals surface area contributed by atoms with Crippen LogP contribution in [0.4, 0.5) is 0 Å². The van der Waals surface area contributed by atoms with Gasteiger partial charge in [0.2, 0.25) is 0 Å². The quantitative estimate of drug-likeness (QED) is 0.462. The van der Waals surface area contributed by atoms with E-state index in [1.807, 2.05) is 30.3 Å². The van der Waals surface area contributed by atoms with E-state index < -0.39 is 0 Å². The van der Waals surface area contributed by atoms with E-state index in [9.17, 15) is 0 Å². The highest BCUT2D eigenvalue weighted by Crippen LogP contribution is 2.35. The number of aryl methyl sites for hydroxylation is 1. The van der Waals surface area contributed by atoms with Gasteiger partial charge in [-0.3, -0.25) is 4.99 Å². The molecular formula is C25H31N3O3. The molecule has 0 radical (unpaired) electrons. The van der Waals surface area contributed by atoms with E-state index in [2.05, 4.69) is 40.7 Å². The number of ether oxygens (including phenoxy) is 2. The molecule has 1 aromatic heterocycles. The monoisotopic (exact) mass is 421 g/mol. The molecule has 4 rings (SSSR count). The van der Waals surface area contributed by atoms with E-state index in [0.717, 1.165) is 66.6 Å². The third-order valence-corrected chi connectivity index (χ3v) is 6.33. The van der Waals surface area contributed by atoms with Gasteiger partial charge < -0.3 is 24.5 Å². The number of rotatable bonds is 6. The van der Waals surface area contributed by atoms with Gasteiger partial charge in [0.1, 0.15) is 17.1 Å². The Morgan fingerprint density at radius 1 is 1.06 bits per heavy atom. The first kappa shape index (κ1) is 21.2. The molecule has 2 N–H and O–H groups in total. The molecule has 0 amide bonds. The summed E-state index contributed by atoms with van der Waals surface area (Å²) < 4.78 is 17.0. The molecule has 2 aromatic carbocycles. The van der Waals surface area contributed by atoms with Crippen LogP contribution in [0.5, 0.6) is 5.75 Å². The van der Waals surface area contributed by atoms with Crippen molar-refractivity contribution in [3.8, 4) is 5.75 Å². The lowest BCUT2D eigenvalue weighted by atomic mass is 9.74. The average molecular weight is 422 g/mol. The summed E-state index contributed by atoms with van der Waals surface area (Å²) in [5, 5.41) is 8.10. The maximum absolute atomic E-state index is 6.03.